The van der Waals surface area contributed by atoms with Gasteiger partial charge in [0, 0.05) is 18.7 Å². The van der Waals surface area contributed by atoms with Crippen LogP contribution in [0.3, 0.4) is 0 Å². The van der Waals surface area contributed by atoms with Gasteiger partial charge < -0.3 is 15.2 Å². The number of rotatable bonds is 4. The molecule has 0 fully saturated rings. The lowest BCUT2D eigenvalue weighted by Crippen LogP contribution is -2.18. The Morgan fingerprint density at radius 3 is 2.94 bits per heavy atom. The van der Waals surface area contributed by atoms with Crippen LogP contribution < -0.4 is 10.5 Å². The highest BCUT2D eigenvalue weighted by atomic mass is 16.5. The first-order valence-electron chi connectivity index (χ1n) is 5.51. The van der Waals surface area contributed by atoms with Gasteiger partial charge in [-0.2, -0.15) is 0 Å². The molecule has 0 aliphatic rings. The van der Waals surface area contributed by atoms with Crippen LogP contribution >= 0.6 is 0 Å². The Bertz CT molecular complexity index is 514. The molecule has 4 nitrogen and oxygen atoms in total. The quantitative estimate of drug-likeness (QED) is 0.821. The van der Waals surface area contributed by atoms with Crippen LogP contribution in [0, 0.1) is 0 Å². The molecule has 1 heterocycles. The van der Waals surface area contributed by atoms with Gasteiger partial charge in [-0.1, -0.05) is 6.07 Å². The van der Waals surface area contributed by atoms with E-state index in [1.165, 1.54) is 0 Å². The Hall–Kier alpha value is -1.81. The highest BCUT2D eigenvalue weighted by Gasteiger charge is 2.08. The van der Waals surface area contributed by atoms with E-state index in [0.717, 1.165) is 16.7 Å². The topological polar surface area (TPSA) is 57.4 Å². The minimum atomic E-state index is -0.00738. The fourth-order valence-electron chi connectivity index (χ4n) is 1.76. The summed E-state index contributed by atoms with van der Waals surface area (Å²) in [5.41, 5.74) is 7.30. The standard InChI is InChI=1S/C13H16N2O2/c1-9(8-16-2)17-12-6-7-15-13-10(12)4-3-5-11(13)14/h3-7,9H,8,14H2,1-2H3. The van der Waals surface area contributed by atoms with Crippen LogP contribution in [0.2, 0.25) is 0 Å². The fourth-order valence-corrected chi connectivity index (χ4v) is 1.76. The first kappa shape index (κ1) is 11.7. The first-order chi connectivity index (χ1) is 8.22. The van der Waals surface area contributed by atoms with E-state index >= 15 is 0 Å². The van der Waals surface area contributed by atoms with Crippen molar-refractivity contribution in [1.29, 1.82) is 0 Å². The summed E-state index contributed by atoms with van der Waals surface area (Å²) in [6.45, 7) is 2.51. The molecule has 0 spiro atoms. The molecule has 17 heavy (non-hydrogen) atoms. The van der Waals surface area contributed by atoms with Crippen LogP contribution in [-0.4, -0.2) is 24.8 Å². The summed E-state index contributed by atoms with van der Waals surface area (Å²) < 4.78 is 10.8. The summed E-state index contributed by atoms with van der Waals surface area (Å²) >= 11 is 0. The fraction of sp³-hybridized carbons (Fsp3) is 0.308. The molecule has 2 N–H and O–H groups in total. The molecular weight excluding hydrogens is 216 g/mol. The Morgan fingerprint density at radius 1 is 1.35 bits per heavy atom. The SMILES string of the molecule is COCC(C)Oc1ccnc2c(N)cccc12. The molecule has 0 bridgehead atoms. The second kappa shape index (κ2) is 5.01. The highest BCUT2D eigenvalue weighted by Crippen LogP contribution is 2.27. The summed E-state index contributed by atoms with van der Waals surface area (Å²) in [6, 6.07) is 7.52. The number of pyridine rings is 1. The molecule has 1 aromatic carbocycles. The van der Waals surface area contributed by atoms with Crippen LogP contribution in [0.5, 0.6) is 5.75 Å². The largest absolute Gasteiger partial charge is 0.488 e. The summed E-state index contributed by atoms with van der Waals surface area (Å²) in [7, 11) is 1.66. The normalized spacial score (nSPS) is 12.6. The highest BCUT2D eigenvalue weighted by molar-refractivity contribution is 5.93. The summed E-state index contributed by atoms with van der Waals surface area (Å²) in [4.78, 5) is 4.26. The van der Waals surface area contributed by atoms with Gasteiger partial charge in [0.25, 0.3) is 0 Å². The van der Waals surface area contributed by atoms with Crippen LogP contribution in [0.15, 0.2) is 30.5 Å². The van der Waals surface area contributed by atoms with E-state index in [1.807, 2.05) is 31.2 Å². The molecule has 1 atom stereocenters. The number of nitrogens with zero attached hydrogens (tertiary/aromatic N) is 1. The number of methoxy groups -OCH3 is 1. The number of anilines is 1. The number of aromatic nitrogens is 1. The molecule has 1 unspecified atom stereocenters. The zero-order valence-electron chi connectivity index (χ0n) is 10.0. The Labute approximate surface area is 100 Å². The molecule has 0 aliphatic carbocycles. The number of ether oxygens (including phenoxy) is 2. The Kier molecular flexibility index (Phi) is 3.44. The van der Waals surface area contributed by atoms with Gasteiger partial charge >= 0.3 is 0 Å². The van der Waals surface area contributed by atoms with Crippen molar-refractivity contribution in [2.24, 2.45) is 0 Å². The lowest BCUT2D eigenvalue weighted by Gasteiger charge is -2.15. The summed E-state index contributed by atoms with van der Waals surface area (Å²) in [6.07, 6.45) is 1.69. The predicted molar refractivity (Wildman–Crippen MR) is 68.1 cm³/mol. The number of para-hydroxylation sites is 1. The molecule has 0 saturated carbocycles. The number of hydrogen-bond acceptors (Lipinski definition) is 4. The number of fused-ring (bicyclic) bond motifs is 1. The van der Waals surface area contributed by atoms with E-state index in [4.69, 9.17) is 15.2 Å². The van der Waals surface area contributed by atoms with Crippen molar-refractivity contribution in [3.8, 4) is 5.75 Å². The maximum Gasteiger partial charge on any atom is 0.130 e. The van der Waals surface area contributed by atoms with Crippen molar-refractivity contribution in [2.45, 2.75) is 13.0 Å². The van der Waals surface area contributed by atoms with Gasteiger partial charge in [0.2, 0.25) is 0 Å². The van der Waals surface area contributed by atoms with Crippen molar-refractivity contribution in [3.63, 3.8) is 0 Å². The Morgan fingerprint density at radius 2 is 2.18 bits per heavy atom. The molecular formula is C13H16N2O2. The molecule has 90 valence electrons. The lowest BCUT2D eigenvalue weighted by atomic mass is 10.2. The van der Waals surface area contributed by atoms with E-state index < -0.39 is 0 Å². The number of nitrogens with two attached hydrogens (primary N) is 1. The van der Waals surface area contributed by atoms with Crippen molar-refractivity contribution in [1.82, 2.24) is 4.98 Å². The number of hydrogen-bond donors (Lipinski definition) is 1. The zero-order chi connectivity index (χ0) is 12.3. The van der Waals surface area contributed by atoms with Gasteiger partial charge in [0.1, 0.15) is 11.9 Å². The predicted octanol–water partition coefficient (Wildman–Crippen LogP) is 2.23. The van der Waals surface area contributed by atoms with Crippen LogP contribution in [0.25, 0.3) is 10.9 Å². The number of nitrogen functional groups attached to an aromatic ring is 1. The maximum atomic E-state index is 5.87. The smallest absolute Gasteiger partial charge is 0.130 e. The van der Waals surface area contributed by atoms with Gasteiger partial charge in [0.05, 0.1) is 17.8 Å². The third kappa shape index (κ3) is 2.47. The van der Waals surface area contributed by atoms with Gasteiger partial charge in [-0.3, -0.25) is 4.98 Å². The average Bonchev–Trinajstić information content (AvgIpc) is 2.31. The van der Waals surface area contributed by atoms with Crippen LogP contribution in [0.4, 0.5) is 5.69 Å². The van der Waals surface area contributed by atoms with E-state index in [1.54, 1.807) is 13.3 Å². The molecule has 0 saturated heterocycles. The summed E-state index contributed by atoms with van der Waals surface area (Å²) in [5, 5.41) is 0.926. The minimum Gasteiger partial charge on any atom is -0.488 e. The average molecular weight is 232 g/mol. The van der Waals surface area contributed by atoms with Crippen molar-refractivity contribution in [3.05, 3.63) is 30.5 Å². The van der Waals surface area contributed by atoms with E-state index in [9.17, 15) is 0 Å². The molecule has 0 radical (unpaired) electrons. The van der Waals surface area contributed by atoms with Gasteiger partial charge in [-0.15, -0.1) is 0 Å². The van der Waals surface area contributed by atoms with Crippen molar-refractivity contribution in [2.75, 3.05) is 19.5 Å². The minimum absolute atomic E-state index is 0.00738. The third-order valence-corrected chi connectivity index (χ3v) is 2.49. The van der Waals surface area contributed by atoms with Crippen LogP contribution in [-0.2, 0) is 4.74 Å². The third-order valence-electron chi connectivity index (χ3n) is 2.49. The van der Waals surface area contributed by atoms with Gasteiger partial charge in [-0.05, 0) is 25.1 Å². The summed E-state index contributed by atoms with van der Waals surface area (Å²) in [5.74, 6) is 0.784. The first-order valence-corrected chi connectivity index (χ1v) is 5.51. The molecule has 4 heteroatoms. The molecule has 1 aromatic heterocycles. The Balaban J connectivity index is 2.37. The van der Waals surface area contributed by atoms with Crippen LogP contribution in [0.1, 0.15) is 6.92 Å². The zero-order valence-corrected chi connectivity index (χ0v) is 10.0. The molecule has 2 aromatic rings. The van der Waals surface area contributed by atoms with Gasteiger partial charge in [-0.25, -0.2) is 0 Å². The van der Waals surface area contributed by atoms with E-state index in [-0.39, 0.29) is 6.10 Å². The molecule has 0 amide bonds. The molecule has 2 rings (SSSR count). The second-order valence-corrected chi connectivity index (χ2v) is 3.94. The van der Waals surface area contributed by atoms with Crippen molar-refractivity contribution >= 4 is 16.6 Å². The monoisotopic (exact) mass is 232 g/mol. The van der Waals surface area contributed by atoms with Gasteiger partial charge in [0.15, 0.2) is 0 Å². The van der Waals surface area contributed by atoms with E-state index in [0.29, 0.717) is 12.3 Å². The second-order valence-electron chi connectivity index (χ2n) is 3.94. The van der Waals surface area contributed by atoms with E-state index in [2.05, 4.69) is 4.98 Å². The lowest BCUT2D eigenvalue weighted by molar-refractivity contribution is 0.0931. The number of benzene rings is 1. The maximum absolute atomic E-state index is 5.87. The van der Waals surface area contributed by atoms with Crippen molar-refractivity contribution < 1.29 is 9.47 Å². The molecule has 0 aliphatic heterocycles.